The summed E-state index contributed by atoms with van der Waals surface area (Å²) in [6.07, 6.45) is 0. The number of thiazole rings is 1. The predicted octanol–water partition coefficient (Wildman–Crippen LogP) is 3.12. The molecular formula is C20H16N4O3S. The van der Waals surface area contributed by atoms with Crippen LogP contribution in [-0.4, -0.2) is 22.8 Å². The Kier molecular flexibility index (Phi) is 4.40. The van der Waals surface area contributed by atoms with E-state index in [-0.39, 0.29) is 5.91 Å². The van der Waals surface area contributed by atoms with Crippen LogP contribution in [0.5, 0.6) is 0 Å². The standard InChI is InChI=1S/C20H16N4O3S/c1-20(17(26)23-18(27)24-20)14-9-7-13(8-10-14)16(25)22-19-21-15(11-28-19)12-5-3-2-4-6-12/h2-11H,1H3,(H,21,22,25)(H2,23,24,26,27). The van der Waals surface area contributed by atoms with Crippen LogP contribution in [0.15, 0.2) is 60.0 Å². The first kappa shape index (κ1) is 17.9. The summed E-state index contributed by atoms with van der Waals surface area (Å²) in [7, 11) is 0. The van der Waals surface area contributed by atoms with Gasteiger partial charge >= 0.3 is 6.03 Å². The first-order valence-electron chi connectivity index (χ1n) is 8.52. The summed E-state index contributed by atoms with van der Waals surface area (Å²) in [6.45, 7) is 1.61. The molecule has 1 unspecified atom stereocenters. The lowest BCUT2D eigenvalue weighted by Gasteiger charge is -2.21. The lowest BCUT2D eigenvalue weighted by atomic mass is 9.91. The lowest BCUT2D eigenvalue weighted by molar-refractivity contribution is -0.123. The van der Waals surface area contributed by atoms with Crippen molar-refractivity contribution < 1.29 is 14.4 Å². The number of anilines is 1. The molecule has 28 heavy (non-hydrogen) atoms. The Balaban J connectivity index is 1.48. The van der Waals surface area contributed by atoms with Crippen molar-refractivity contribution in [2.45, 2.75) is 12.5 Å². The molecule has 0 aliphatic carbocycles. The Hall–Kier alpha value is -3.52. The third kappa shape index (κ3) is 3.25. The molecule has 1 aromatic heterocycles. The minimum absolute atomic E-state index is 0.300. The molecule has 1 fully saturated rings. The van der Waals surface area contributed by atoms with E-state index in [0.717, 1.165) is 11.3 Å². The summed E-state index contributed by atoms with van der Waals surface area (Å²) in [4.78, 5) is 40.4. The largest absolute Gasteiger partial charge is 0.322 e. The maximum absolute atomic E-state index is 12.5. The Labute approximate surface area is 164 Å². The topological polar surface area (TPSA) is 100 Å². The Morgan fingerprint density at radius 1 is 1.07 bits per heavy atom. The van der Waals surface area contributed by atoms with Crippen LogP contribution >= 0.6 is 11.3 Å². The maximum atomic E-state index is 12.5. The monoisotopic (exact) mass is 392 g/mol. The van der Waals surface area contributed by atoms with Crippen molar-refractivity contribution in [3.63, 3.8) is 0 Å². The molecule has 4 rings (SSSR count). The summed E-state index contributed by atoms with van der Waals surface area (Å²) in [6, 6.07) is 15.7. The van der Waals surface area contributed by atoms with Gasteiger partial charge in [0.2, 0.25) is 0 Å². The predicted molar refractivity (Wildman–Crippen MR) is 106 cm³/mol. The molecule has 3 aromatic rings. The molecule has 0 radical (unpaired) electrons. The molecule has 8 heteroatoms. The van der Waals surface area contributed by atoms with Gasteiger partial charge in [-0.05, 0) is 24.6 Å². The van der Waals surface area contributed by atoms with Crippen LogP contribution in [-0.2, 0) is 10.3 Å². The molecule has 4 amide bonds. The highest BCUT2D eigenvalue weighted by Gasteiger charge is 2.43. The molecule has 7 nitrogen and oxygen atoms in total. The van der Waals surface area contributed by atoms with Crippen molar-refractivity contribution in [2.24, 2.45) is 0 Å². The summed E-state index contributed by atoms with van der Waals surface area (Å²) in [5.74, 6) is -0.725. The van der Waals surface area contributed by atoms with E-state index in [9.17, 15) is 14.4 Å². The second kappa shape index (κ2) is 6.90. The second-order valence-electron chi connectivity index (χ2n) is 6.47. The fourth-order valence-electron chi connectivity index (χ4n) is 2.94. The smallest absolute Gasteiger partial charge is 0.320 e. The molecule has 1 aliphatic heterocycles. The van der Waals surface area contributed by atoms with E-state index >= 15 is 0 Å². The van der Waals surface area contributed by atoms with Crippen LogP contribution in [0.4, 0.5) is 9.93 Å². The van der Waals surface area contributed by atoms with Crippen LogP contribution in [0.1, 0.15) is 22.8 Å². The van der Waals surface area contributed by atoms with E-state index in [1.807, 2.05) is 35.7 Å². The Bertz CT molecular complexity index is 1060. The number of amides is 4. The zero-order chi connectivity index (χ0) is 19.7. The van der Waals surface area contributed by atoms with Gasteiger partial charge in [-0.25, -0.2) is 9.78 Å². The number of carbonyl (C=O) groups is 3. The van der Waals surface area contributed by atoms with Gasteiger partial charge in [-0.3, -0.25) is 20.2 Å². The zero-order valence-electron chi connectivity index (χ0n) is 14.9. The first-order valence-corrected chi connectivity index (χ1v) is 9.40. The summed E-state index contributed by atoms with van der Waals surface area (Å²) in [5.41, 5.74) is 1.65. The number of carbonyl (C=O) groups excluding carboxylic acids is 3. The lowest BCUT2D eigenvalue weighted by Crippen LogP contribution is -2.40. The number of nitrogens with zero attached hydrogens (tertiary/aromatic N) is 1. The van der Waals surface area contributed by atoms with Gasteiger partial charge in [0.05, 0.1) is 5.69 Å². The average molecular weight is 392 g/mol. The maximum Gasteiger partial charge on any atom is 0.322 e. The van der Waals surface area contributed by atoms with Crippen LogP contribution in [0.3, 0.4) is 0 Å². The number of hydrogen-bond donors (Lipinski definition) is 3. The normalized spacial score (nSPS) is 18.5. The first-order chi connectivity index (χ1) is 13.5. The van der Waals surface area contributed by atoms with E-state index < -0.39 is 17.5 Å². The van der Waals surface area contributed by atoms with Crippen LogP contribution in [0.2, 0.25) is 0 Å². The number of imide groups is 1. The minimum Gasteiger partial charge on any atom is -0.320 e. The quantitative estimate of drug-likeness (QED) is 0.594. The van der Waals surface area contributed by atoms with Gasteiger partial charge in [0.15, 0.2) is 5.13 Å². The zero-order valence-corrected chi connectivity index (χ0v) is 15.7. The fourth-order valence-corrected chi connectivity index (χ4v) is 3.66. The van der Waals surface area contributed by atoms with Gasteiger partial charge in [-0.2, -0.15) is 0 Å². The van der Waals surface area contributed by atoms with Crippen molar-refractivity contribution in [1.82, 2.24) is 15.6 Å². The number of urea groups is 1. The SMILES string of the molecule is CC1(c2ccc(C(=O)Nc3nc(-c4ccccc4)cs3)cc2)NC(=O)NC1=O. The molecule has 0 saturated carbocycles. The van der Waals surface area contributed by atoms with Gasteiger partial charge in [0.25, 0.3) is 11.8 Å². The second-order valence-corrected chi connectivity index (χ2v) is 7.33. The van der Waals surface area contributed by atoms with E-state index in [2.05, 4.69) is 20.9 Å². The third-order valence-corrected chi connectivity index (χ3v) is 5.32. The number of benzene rings is 2. The molecule has 1 aliphatic rings. The van der Waals surface area contributed by atoms with Crippen LogP contribution in [0.25, 0.3) is 11.3 Å². The molecule has 0 bridgehead atoms. The third-order valence-electron chi connectivity index (χ3n) is 4.56. The van der Waals surface area contributed by atoms with Crippen LogP contribution < -0.4 is 16.0 Å². The highest BCUT2D eigenvalue weighted by atomic mass is 32.1. The van der Waals surface area contributed by atoms with E-state index in [0.29, 0.717) is 16.3 Å². The van der Waals surface area contributed by atoms with Crippen molar-refractivity contribution in [1.29, 1.82) is 0 Å². The van der Waals surface area contributed by atoms with E-state index in [4.69, 9.17) is 0 Å². The average Bonchev–Trinajstić information content (AvgIpc) is 3.27. The molecule has 2 aromatic carbocycles. The Morgan fingerprint density at radius 2 is 1.79 bits per heavy atom. The minimum atomic E-state index is -1.15. The molecule has 0 spiro atoms. The van der Waals surface area contributed by atoms with E-state index in [1.165, 1.54) is 11.3 Å². The van der Waals surface area contributed by atoms with Gasteiger partial charge in [-0.1, -0.05) is 42.5 Å². The molecule has 3 N–H and O–H groups in total. The highest BCUT2D eigenvalue weighted by Crippen LogP contribution is 2.26. The molecule has 2 heterocycles. The van der Waals surface area contributed by atoms with Gasteiger partial charge in [0, 0.05) is 16.5 Å². The number of nitrogens with one attached hydrogen (secondary N) is 3. The Morgan fingerprint density at radius 3 is 2.43 bits per heavy atom. The van der Waals surface area contributed by atoms with Crippen molar-refractivity contribution in [3.05, 3.63) is 71.1 Å². The van der Waals surface area contributed by atoms with Crippen molar-refractivity contribution in [3.8, 4) is 11.3 Å². The molecule has 140 valence electrons. The highest BCUT2D eigenvalue weighted by molar-refractivity contribution is 7.14. The molecular weight excluding hydrogens is 376 g/mol. The van der Waals surface area contributed by atoms with Crippen molar-refractivity contribution in [2.75, 3.05) is 5.32 Å². The summed E-state index contributed by atoms with van der Waals surface area (Å²) in [5, 5.41) is 9.98. The van der Waals surface area contributed by atoms with E-state index in [1.54, 1.807) is 31.2 Å². The van der Waals surface area contributed by atoms with Crippen molar-refractivity contribution >= 4 is 34.3 Å². The summed E-state index contributed by atoms with van der Waals surface area (Å²) < 4.78 is 0. The number of aromatic nitrogens is 1. The van der Waals surface area contributed by atoms with Gasteiger partial charge < -0.3 is 5.32 Å². The number of rotatable bonds is 4. The van der Waals surface area contributed by atoms with Crippen LogP contribution in [0, 0.1) is 0 Å². The van der Waals surface area contributed by atoms with Gasteiger partial charge in [-0.15, -0.1) is 11.3 Å². The summed E-state index contributed by atoms with van der Waals surface area (Å²) >= 11 is 1.35. The fraction of sp³-hybridized carbons (Fsp3) is 0.100. The molecule has 1 saturated heterocycles. The number of hydrogen-bond acceptors (Lipinski definition) is 5. The molecule has 1 atom stereocenters. The van der Waals surface area contributed by atoms with Gasteiger partial charge in [0.1, 0.15) is 5.54 Å².